The maximum absolute atomic E-state index is 12.7. The van der Waals surface area contributed by atoms with Gasteiger partial charge in [-0.2, -0.15) is 5.26 Å². The quantitative estimate of drug-likeness (QED) is 0.446. The van der Waals surface area contributed by atoms with Gasteiger partial charge in [-0.1, -0.05) is 6.07 Å². The summed E-state index contributed by atoms with van der Waals surface area (Å²) < 4.78 is 16.0. The van der Waals surface area contributed by atoms with E-state index in [0.29, 0.717) is 54.4 Å². The first-order valence-electron chi connectivity index (χ1n) is 11.9. The molecule has 2 amide bonds. The number of ether oxygens (including phenoxy) is 3. The van der Waals surface area contributed by atoms with E-state index in [9.17, 15) is 14.9 Å². The van der Waals surface area contributed by atoms with Gasteiger partial charge in [-0.3, -0.25) is 9.78 Å². The number of carbonyl (C=O) groups excluding carboxylic acids is 2. The number of nitriles is 1. The molecule has 1 aromatic carbocycles. The average molecular weight is 521 g/mol. The zero-order valence-electron chi connectivity index (χ0n) is 20.8. The Hall–Kier alpha value is -4.10. The van der Waals surface area contributed by atoms with Crippen molar-refractivity contribution in [2.45, 2.75) is 32.2 Å². The monoisotopic (exact) mass is 520 g/mol. The summed E-state index contributed by atoms with van der Waals surface area (Å²) in [5.74, 6) is 1.13. The molecular formula is C27H28N4O5S. The molecule has 0 saturated carbocycles. The van der Waals surface area contributed by atoms with E-state index >= 15 is 0 Å². The minimum Gasteiger partial charge on any atom is -0.497 e. The largest absolute Gasteiger partial charge is 0.497 e. The highest BCUT2D eigenvalue weighted by Gasteiger charge is 2.28. The van der Waals surface area contributed by atoms with Gasteiger partial charge in [0, 0.05) is 42.2 Å². The number of aryl methyl sites for hydroxylation is 1. The fourth-order valence-corrected chi connectivity index (χ4v) is 5.33. The number of methoxy groups -OCH3 is 2. The standard InChI is InChI=1S/C27H28N4O5S/c1-34-20-13-18(14-21(15-20)35-2)6-7-25(32)30-26-23(16-28)22-8-11-31(17-24(22)37-26)27(33)36-12-9-19-5-3-4-10-29-19/h3-5,10,13-15H,6-9,11-12,17H2,1-2H3,(H,30,32). The molecule has 9 nitrogen and oxygen atoms in total. The van der Waals surface area contributed by atoms with Crippen LogP contribution in [-0.4, -0.2) is 49.3 Å². The molecule has 0 bridgehead atoms. The molecular weight excluding hydrogens is 492 g/mol. The number of anilines is 1. The molecule has 0 radical (unpaired) electrons. The number of amides is 2. The minimum atomic E-state index is -0.396. The maximum atomic E-state index is 12.7. The number of thiophene rings is 1. The van der Waals surface area contributed by atoms with Crippen molar-refractivity contribution in [2.24, 2.45) is 0 Å². The molecule has 3 aromatic rings. The van der Waals surface area contributed by atoms with Gasteiger partial charge in [0.25, 0.3) is 0 Å². The summed E-state index contributed by atoms with van der Waals surface area (Å²) in [4.78, 5) is 32.0. The van der Waals surface area contributed by atoms with Crippen molar-refractivity contribution in [3.05, 3.63) is 69.9 Å². The number of carbonyl (C=O) groups is 2. The Labute approximate surface area is 219 Å². The van der Waals surface area contributed by atoms with Crippen molar-refractivity contribution in [3.63, 3.8) is 0 Å². The van der Waals surface area contributed by atoms with Gasteiger partial charge >= 0.3 is 6.09 Å². The van der Waals surface area contributed by atoms with E-state index < -0.39 is 6.09 Å². The number of fused-ring (bicyclic) bond motifs is 1. The molecule has 0 atom stereocenters. The van der Waals surface area contributed by atoms with Crippen LogP contribution in [-0.2, 0) is 35.3 Å². The summed E-state index contributed by atoms with van der Waals surface area (Å²) in [6, 6.07) is 13.4. The molecule has 3 heterocycles. The van der Waals surface area contributed by atoms with E-state index in [0.717, 1.165) is 21.7 Å². The number of rotatable bonds is 9. The third kappa shape index (κ3) is 6.57. The van der Waals surface area contributed by atoms with Gasteiger partial charge in [-0.05, 0) is 48.2 Å². The summed E-state index contributed by atoms with van der Waals surface area (Å²) >= 11 is 1.34. The predicted octanol–water partition coefficient (Wildman–Crippen LogP) is 4.34. The van der Waals surface area contributed by atoms with Crippen LogP contribution in [0.1, 0.15) is 33.7 Å². The molecule has 2 aromatic heterocycles. The molecule has 0 spiro atoms. The van der Waals surface area contributed by atoms with Crippen LogP contribution in [0.2, 0.25) is 0 Å². The van der Waals surface area contributed by atoms with Gasteiger partial charge in [-0.25, -0.2) is 4.79 Å². The maximum Gasteiger partial charge on any atom is 0.410 e. The molecule has 0 aliphatic carbocycles. The summed E-state index contributed by atoms with van der Waals surface area (Å²) in [6.07, 6.45) is 3.11. The number of hydrogen-bond donors (Lipinski definition) is 1. The number of aromatic nitrogens is 1. The number of benzene rings is 1. The topological polar surface area (TPSA) is 114 Å². The van der Waals surface area contributed by atoms with Crippen LogP contribution in [0.25, 0.3) is 0 Å². The summed E-state index contributed by atoms with van der Waals surface area (Å²) in [7, 11) is 3.16. The Balaban J connectivity index is 1.34. The van der Waals surface area contributed by atoms with Crippen LogP contribution in [0.15, 0.2) is 42.6 Å². The Morgan fingerprint density at radius 3 is 2.62 bits per heavy atom. The SMILES string of the molecule is COc1cc(CCC(=O)Nc2sc3c(c2C#N)CCN(C(=O)OCCc2ccccn2)C3)cc(OC)c1. The third-order valence-corrected chi connectivity index (χ3v) is 7.17. The molecule has 1 aliphatic heterocycles. The van der Waals surface area contributed by atoms with Gasteiger partial charge in [0.05, 0.1) is 32.9 Å². The second kappa shape index (κ2) is 12.2. The van der Waals surface area contributed by atoms with E-state index in [1.165, 1.54) is 11.3 Å². The van der Waals surface area contributed by atoms with E-state index in [1.807, 2.05) is 30.3 Å². The summed E-state index contributed by atoms with van der Waals surface area (Å²) in [5, 5.41) is 13.2. The highest BCUT2D eigenvalue weighted by atomic mass is 32.1. The van der Waals surface area contributed by atoms with Crippen molar-refractivity contribution in [1.29, 1.82) is 5.26 Å². The fraction of sp³-hybridized carbons (Fsp3) is 0.333. The van der Waals surface area contributed by atoms with E-state index in [4.69, 9.17) is 14.2 Å². The molecule has 1 N–H and O–H groups in total. The summed E-state index contributed by atoms with van der Waals surface area (Å²) in [5.41, 5.74) is 3.13. The second-order valence-electron chi connectivity index (χ2n) is 8.45. The lowest BCUT2D eigenvalue weighted by atomic mass is 10.0. The zero-order chi connectivity index (χ0) is 26.2. The molecule has 192 valence electrons. The van der Waals surface area contributed by atoms with Crippen molar-refractivity contribution >= 4 is 28.3 Å². The van der Waals surface area contributed by atoms with Gasteiger partial charge in [-0.15, -0.1) is 11.3 Å². The van der Waals surface area contributed by atoms with Gasteiger partial charge in [0.15, 0.2) is 0 Å². The Morgan fingerprint density at radius 2 is 1.95 bits per heavy atom. The Morgan fingerprint density at radius 1 is 1.16 bits per heavy atom. The van der Waals surface area contributed by atoms with Crippen molar-refractivity contribution < 1.29 is 23.8 Å². The zero-order valence-corrected chi connectivity index (χ0v) is 21.6. The van der Waals surface area contributed by atoms with E-state index in [-0.39, 0.29) is 18.9 Å². The van der Waals surface area contributed by atoms with Gasteiger partial charge < -0.3 is 24.4 Å². The molecule has 37 heavy (non-hydrogen) atoms. The molecule has 0 unspecified atom stereocenters. The van der Waals surface area contributed by atoms with Crippen LogP contribution < -0.4 is 14.8 Å². The predicted molar refractivity (Wildman–Crippen MR) is 139 cm³/mol. The van der Waals surface area contributed by atoms with Crippen molar-refractivity contribution in [2.75, 3.05) is 32.7 Å². The third-order valence-electron chi connectivity index (χ3n) is 6.04. The van der Waals surface area contributed by atoms with Crippen molar-refractivity contribution in [3.8, 4) is 17.6 Å². The highest BCUT2D eigenvalue weighted by molar-refractivity contribution is 7.16. The lowest BCUT2D eigenvalue weighted by molar-refractivity contribution is -0.116. The minimum absolute atomic E-state index is 0.192. The first-order valence-corrected chi connectivity index (χ1v) is 12.7. The molecule has 10 heteroatoms. The average Bonchev–Trinajstić information content (AvgIpc) is 3.28. The Kier molecular flexibility index (Phi) is 8.59. The fourth-order valence-electron chi connectivity index (χ4n) is 4.10. The molecule has 1 aliphatic rings. The van der Waals surface area contributed by atoms with E-state index in [1.54, 1.807) is 31.4 Å². The molecule has 4 rings (SSSR count). The molecule has 0 saturated heterocycles. The second-order valence-corrected chi connectivity index (χ2v) is 9.55. The smallest absolute Gasteiger partial charge is 0.410 e. The van der Waals surface area contributed by atoms with Crippen LogP contribution in [0, 0.1) is 11.3 Å². The Bertz CT molecular complexity index is 1280. The van der Waals surface area contributed by atoms with Crippen molar-refractivity contribution in [1.82, 2.24) is 9.88 Å². The van der Waals surface area contributed by atoms with Gasteiger partial charge in [0.2, 0.25) is 5.91 Å². The van der Waals surface area contributed by atoms with Crippen LogP contribution >= 0.6 is 11.3 Å². The summed E-state index contributed by atoms with van der Waals surface area (Å²) in [6.45, 7) is 1.04. The number of pyridine rings is 1. The van der Waals surface area contributed by atoms with Crippen LogP contribution in [0.4, 0.5) is 9.80 Å². The normalized spacial score (nSPS) is 12.3. The highest BCUT2D eigenvalue weighted by Crippen LogP contribution is 2.37. The van der Waals surface area contributed by atoms with Gasteiger partial charge in [0.1, 0.15) is 22.6 Å². The molecule has 0 fully saturated rings. The lowest BCUT2D eigenvalue weighted by Gasteiger charge is -2.26. The number of nitrogens with one attached hydrogen (secondary N) is 1. The van der Waals surface area contributed by atoms with Crippen LogP contribution in [0.5, 0.6) is 11.5 Å². The first kappa shape index (κ1) is 26.0. The first-order chi connectivity index (χ1) is 18.0. The number of nitrogens with zero attached hydrogens (tertiary/aromatic N) is 3. The van der Waals surface area contributed by atoms with E-state index in [2.05, 4.69) is 16.4 Å². The van der Waals surface area contributed by atoms with Crippen LogP contribution in [0.3, 0.4) is 0 Å². The lowest BCUT2D eigenvalue weighted by Crippen LogP contribution is -2.36. The number of hydrogen-bond acceptors (Lipinski definition) is 8.